The summed E-state index contributed by atoms with van der Waals surface area (Å²) in [6, 6.07) is 0.520. The van der Waals surface area contributed by atoms with E-state index in [1.54, 1.807) is 7.11 Å². The van der Waals surface area contributed by atoms with E-state index < -0.39 is 11.5 Å². The second-order valence-electron chi connectivity index (χ2n) is 5.70. The average Bonchev–Trinajstić information content (AvgIpc) is 2.75. The Kier molecular flexibility index (Phi) is 6.23. The van der Waals surface area contributed by atoms with E-state index in [1.807, 2.05) is 13.8 Å². The van der Waals surface area contributed by atoms with E-state index >= 15 is 0 Å². The first-order valence-corrected chi connectivity index (χ1v) is 7.19. The van der Waals surface area contributed by atoms with Crippen molar-refractivity contribution in [1.29, 1.82) is 0 Å². The van der Waals surface area contributed by atoms with Crippen molar-refractivity contribution < 1.29 is 14.6 Å². The Morgan fingerprint density at radius 1 is 1.58 bits per heavy atom. The number of rotatable bonds is 8. The van der Waals surface area contributed by atoms with Gasteiger partial charge in [0.2, 0.25) is 0 Å². The van der Waals surface area contributed by atoms with Crippen molar-refractivity contribution in [3.8, 4) is 0 Å². The van der Waals surface area contributed by atoms with Crippen molar-refractivity contribution >= 4 is 5.97 Å². The van der Waals surface area contributed by atoms with Crippen molar-refractivity contribution in [1.82, 2.24) is 10.2 Å². The molecule has 2 N–H and O–H groups in total. The largest absolute Gasteiger partial charge is 0.480 e. The Labute approximate surface area is 116 Å². The number of ether oxygens (including phenoxy) is 1. The van der Waals surface area contributed by atoms with Crippen molar-refractivity contribution in [2.45, 2.75) is 57.7 Å². The lowest BCUT2D eigenvalue weighted by Crippen LogP contribution is -2.54. The van der Waals surface area contributed by atoms with Crippen LogP contribution in [-0.2, 0) is 9.53 Å². The number of nitrogens with one attached hydrogen (secondary N) is 1. The van der Waals surface area contributed by atoms with Crippen LogP contribution in [0.15, 0.2) is 0 Å². The zero-order valence-corrected chi connectivity index (χ0v) is 12.6. The number of methoxy groups -OCH3 is 1. The molecule has 0 aromatic rings. The summed E-state index contributed by atoms with van der Waals surface area (Å²) in [5.74, 6) is -0.716. The first-order chi connectivity index (χ1) is 8.95. The van der Waals surface area contributed by atoms with E-state index in [0.29, 0.717) is 25.5 Å². The highest BCUT2D eigenvalue weighted by atomic mass is 16.5. The van der Waals surface area contributed by atoms with Crippen LogP contribution in [0.3, 0.4) is 0 Å². The van der Waals surface area contributed by atoms with Crippen molar-refractivity contribution in [3.63, 3.8) is 0 Å². The minimum atomic E-state index is -0.751. The van der Waals surface area contributed by atoms with Crippen LogP contribution in [0.4, 0.5) is 0 Å². The Morgan fingerprint density at radius 2 is 2.26 bits per heavy atom. The topological polar surface area (TPSA) is 61.8 Å². The lowest BCUT2D eigenvalue weighted by molar-refractivity contribution is -0.145. The second kappa shape index (κ2) is 7.22. The molecule has 0 aliphatic heterocycles. The molecule has 0 aromatic heterocycles. The van der Waals surface area contributed by atoms with Crippen LogP contribution in [0, 0.1) is 0 Å². The molecule has 2 unspecified atom stereocenters. The smallest absolute Gasteiger partial charge is 0.323 e. The number of likely N-dealkylation sites (N-methyl/N-ethyl adjacent to an activating group) is 1. The Balaban J connectivity index is 2.69. The zero-order valence-electron chi connectivity index (χ0n) is 12.6. The molecule has 1 saturated carbocycles. The predicted octanol–water partition coefficient (Wildman–Crippen LogP) is 1.33. The summed E-state index contributed by atoms with van der Waals surface area (Å²) in [6.45, 7) is 8.62. The fraction of sp³-hybridized carbons (Fsp3) is 0.929. The molecular formula is C14H28N2O3. The number of nitrogens with zero attached hydrogens (tertiary/aromatic N) is 1. The van der Waals surface area contributed by atoms with Gasteiger partial charge >= 0.3 is 5.97 Å². The second-order valence-corrected chi connectivity index (χ2v) is 5.70. The van der Waals surface area contributed by atoms with Crippen LogP contribution in [0.1, 0.15) is 40.0 Å². The molecule has 0 radical (unpaired) electrons. The average molecular weight is 272 g/mol. The van der Waals surface area contributed by atoms with Crippen molar-refractivity contribution in [3.05, 3.63) is 0 Å². The monoisotopic (exact) mass is 272 g/mol. The minimum Gasteiger partial charge on any atom is -0.480 e. The maximum absolute atomic E-state index is 11.6. The molecule has 1 aliphatic carbocycles. The lowest BCUT2D eigenvalue weighted by Gasteiger charge is -2.31. The summed E-state index contributed by atoms with van der Waals surface area (Å²) >= 11 is 0. The molecule has 0 spiro atoms. The molecule has 0 heterocycles. The Bertz CT molecular complexity index is 296. The molecule has 2 atom stereocenters. The Hall–Kier alpha value is -0.650. The van der Waals surface area contributed by atoms with E-state index in [9.17, 15) is 9.90 Å². The molecule has 19 heavy (non-hydrogen) atoms. The van der Waals surface area contributed by atoms with E-state index in [4.69, 9.17) is 4.74 Å². The third-order valence-corrected chi connectivity index (χ3v) is 3.97. The van der Waals surface area contributed by atoms with Gasteiger partial charge in [0.15, 0.2) is 0 Å². The predicted molar refractivity (Wildman–Crippen MR) is 75.4 cm³/mol. The van der Waals surface area contributed by atoms with Crippen LogP contribution in [0.25, 0.3) is 0 Å². The number of carbonyl (C=O) groups is 1. The first kappa shape index (κ1) is 16.4. The number of hydrogen-bond donors (Lipinski definition) is 2. The van der Waals surface area contributed by atoms with Crippen LogP contribution in [0.2, 0.25) is 0 Å². The number of carboxylic acid groups (broad SMARTS) is 1. The van der Waals surface area contributed by atoms with Crippen LogP contribution >= 0.6 is 0 Å². The van der Waals surface area contributed by atoms with Gasteiger partial charge in [0, 0.05) is 25.7 Å². The highest BCUT2D eigenvalue weighted by molar-refractivity contribution is 5.79. The van der Waals surface area contributed by atoms with E-state index in [1.165, 1.54) is 0 Å². The van der Waals surface area contributed by atoms with Gasteiger partial charge in [-0.15, -0.1) is 0 Å². The quantitative estimate of drug-likeness (QED) is 0.698. The van der Waals surface area contributed by atoms with E-state index in [-0.39, 0.29) is 6.04 Å². The third kappa shape index (κ3) is 4.16. The van der Waals surface area contributed by atoms with Gasteiger partial charge in [-0.3, -0.25) is 15.0 Å². The fourth-order valence-corrected chi connectivity index (χ4v) is 3.08. The normalized spacial score (nSPS) is 27.4. The molecule has 1 fully saturated rings. The standard InChI is InChI=1S/C14H28N2O3/c1-5-16(8-9-19-4)12-6-7-14(10-12,13(17)18)15-11(2)3/h11-12,15H,5-10H2,1-4H3,(H,17,18). The molecule has 5 nitrogen and oxygen atoms in total. The maximum atomic E-state index is 11.6. The molecule has 5 heteroatoms. The van der Waals surface area contributed by atoms with E-state index in [0.717, 1.165) is 19.5 Å². The first-order valence-electron chi connectivity index (χ1n) is 7.19. The minimum absolute atomic E-state index is 0.184. The molecular weight excluding hydrogens is 244 g/mol. The van der Waals surface area contributed by atoms with Gasteiger partial charge < -0.3 is 9.84 Å². The van der Waals surface area contributed by atoms with E-state index in [2.05, 4.69) is 17.1 Å². The van der Waals surface area contributed by atoms with Crippen LogP contribution in [0.5, 0.6) is 0 Å². The lowest BCUT2D eigenvalue weighted by atomic mass is 9.96. The molecule has 1 aliphatic rings. The van der Waals surface area contributed by atoms with Gasteiger partial charge in [-0.05, 0) is 39.7 Å². The van der Waals surface area contributed by atoms with Gasteiger partial charge in [0.05, 0.1) is 6.61 Å². The number of carboxylic acids is 1. The molecule has 112 valence electrons. The molecule has 0 aromatic carbocycles. The van der Waals surface area contributed by atoms with Crippen LogP contribution in [-0.4, -0.2) is 60.4 Å². The third-order valence-electron chi connectivity index (χ3n) is 3.97. The number of hydrogen-bond acceptors (Lipinski definition) is 4. The summed E-state index contributed by atoms with van der Waals surface area (Å²) in [7, 11) is 1.70. The van der Waals surface area contributed by atoms with Crippen molar-refractivity contribution in [2.24, 2.45) is 0 Å². The number of aliphatic carboxylic acids is 1. The fourth-order valence-electron chi connectivity index (χ4n) is 3.08. The van der Waals surface area contributed by atoms with Gasteiger partial charge in [-0.2, -0.15) is 0 Å². The van der Waals surface area contributed by atoms with Gasteiger partial charge in [-0.25, -0.2) is 0 Å². The molecule has 0 bridgehead atoms. The summed E-state index contributed by atoms with van der Waals surface area (Å²) in [5, 5.41) is 12.8. The summed E-state index contributed by atoms with van der Waals surface area (Å²) in [5.41, 5.74) is -0.751. The van der Waals surface area contributed by atoms with Crippen molar-refractivity contribution in [2.75, 3.05) is 26.8 Å². The highest BCUT2D eigenvalue weighted by Crippen LogP contribution is 2.33. The van der Waals surface area contributed by atoms with Gasteiger partial charge in [-0.1, -0.05) is 6.92 Å². The van der Waals surface area contributed by atoms with Gasteiger partial charge in [0.25, 0.3) is 0 Å². The maximum Gasteiger partial charge on any atom is 0.323 e. The molecule has 0 saturated heterocycles. The van der Waals surface area contributed by atoms with Gasteiger partial charge in [0.1, 0.15) is 5.54 Å². The summed E-state index contributed by atoms with van der Waals surface area (Å²) in [4.78, 5) is 14.0. The van der Waals surface area contributed by atoms with Crippen LogP contribution < -0.4 is 5.32 Å². The summed E-state index contributed by atoms with van der Waals surface area (Å²) in [6.07, 6.45) is 2.32. The molecule has 0 amide bonds. The summed E-state index contributed by atoms with van der Waals surface area (Å²) < 4.78 is 5.12. The molecule has 1 rings (SSSR count). The highest BCUT2D eigenvalue weighted by Gasteiger charge is 2.46. The Morgan fingerprint density at radius 3 is 2.74 bits per heavy atom. The SMILES string of the molecule is CCN(CCOC)C1CCC(NC(C)C)(C(=O)O)C1. The zero-order chi connectivity index (χ0) is 14.5.